The molecule has 0 saturated carbocycles. The van der Waals surface area contributed by atoms with Gasteiger partial charge in [-0.15, -0.1) is 0 Å². The van der Waals surface area contributed by atoms with E-state index in [4.69, 9.17) is 0 Å². The number of aryl methyl sites for hydroxylation is 1. The molecule has 0 aliphatic carbocycles. The van der Waals surface area contributed by atoms with Crippen LogP contribution >= 0.6 is 0 Å². The fourth-order valence-corrected chi connectivity index (χ4v) is 3.95. The number of amides is 1. The number of para-hydroxylation sites is 1. The second kappa shape index (κ2) is 7.62. The highest BCUT2D eigenvalue weighted by Crippen LogP contribution is 2.27. The van der Waals surface area contributed by atoms with Gasteiger partial charge in [0.15, 0.2) is 0 Å². The highest BCUT2D eigenvalue weighted by molar-refractivity contribution is 5.81. The molecule has 1 atom stereocenters. The summed E-state index contributed by atoms with van der Waals surface area (Å²) in [4.78, 5) is 50.7. The number of hydrogen-bond acceptors (Lipinski definition) is 5. The van der Waals surface area contributed by atoms with E-state index >= 15 is 0 Å². The summed E-state index contributed by atoms with van der Waals surface area (Å²) in [5.74, 6) is 0.654. The fraction of sp³-hybridized carbons (Fsp3) is 0.381. The van der Waals surface area contributed by atoms with Crippen molar-refractivity contribution in [3.05, 3.63) is 68.9 Å². The van der Waals surface area contributed by atoms with E-state index in [0.29, 0.717) is 29.8 Å². The number of nitrogens with one attached hydrogen (secondary N) is 1. The first kappa shape index (κ1) is 19.0. The van der Waals surface area contributed by atoms with Gasteiger partial charge in [-0.25, -0.2) is 9.97 Å². The molecule has 1 aliphatic heterocycles. The topological polar surface area (TPSA) is 101 Å². The summed E-state index contributed by atoms with van der Waals surface area (Å²) >= 11 is 0. The van der Waals surface area contributed by atoms with Crippen molar-refractivity contribution in [2.45, 2.75) is 38.6 Å². The molecule has 2 aromatic heterocycles. The SMILES string of the molecule is Cc1nc(C2CCN(C(=O)[C@H](C)n3cnc4ccccc4c3=O)CC2)cc(=O)[nH]1. The maximum atomic E-state index is 13.0. The summed E-state index contributed by atoms with van der Waals surface area (Å²) in [7, 11) is 0. The molecule has 0 bridgehead atoms. The van der Waals surface area contributed by atoms with Gasteiger partial charge in [0.05, 0.1) is 22.9 Å². The van der Waals surface area contributed by atoms with Crippen LogP contribution in [0.3, 0.4) is 0 Å². The van der Waals surface area contributed by atoms with Gasteiger partial charge < -0.3 is 9.88 Å². The van der Waals surface area contributed by atoms with Gasteiger partial charge in [-0.05, 0) is 38.8 Å². The molecular weight excluding hydrogens is 370 g/mol. The number of fused-ring (bicyclic) bond motifs is 1. The summed E-state index contributed by atoms with van der Waals surface area (Å²) in [5.41, 5.74) is 1.04. The Morgan fingerprint density at radius 3 is 2.66 bits per heavy atom. The summed E-state index contributed by atoms with van der Waals surface area (Å²) in [6, 6.07) is 8.03. The smallest absolute Gasteiger partial charge is 0.261 e. The maximum Gasteiger partial charge on any atom is 0.261 e. The normalized spacial score (nSPS) is 16.1. The molecule has 150 valence electrons. The quantitative estimate of drug-likeness (QED) is 0.731. The van der Waals surface area contributed by atoms with Crippen molar-refractivity contribution in [1.29, 1.82) is 0 Å². The molecule has 3 aromatic rings. The van der Waals surface area contributed by atoms with Gasteiger partial charge in [-0.2, -0.15) is 0 Å². The molecule has 1 aliphatic rings. The van der Waals surface area contributed by atoms with Gasteiger partial charge in [0, 0.05) is 25.1 Å². The van der Waals surface area contributed by atoms with E-state index < -0.39 is 6.04 Å². The molecule has 1 amide bonds. The Morgan fingerprint density at radius 1 is 1.21 bits per heavy atom. The van der Waals surface area contributed by atoms with Crippen molar-refractivity contribution in [3.63, 3.8) is 0 Å². The van der Waals surface area contributed by atoms with Crippen molar-refractivity contribution in [1.82, 2.24) is 24.4 Å². The number of piperidine rings is 1. The number of aromatic amines is 1. The van der Waals surface area contributed by atoms with E-state index in [1.807, 2.05) is 6.07 Å². The number of rotatable bonds is 3. The lowest BCUT2D eigenvalue weighted by atomic mass is 9.93. The first-order valence-corrected chi connectivity index (χ1v) is 9.76. The van der Waals surface area contributed by atoms with Crippen LogP contribution in [-0.4, -0.2) is 43.4 Å². The van der Waals surface area contributed by atoms with Gasteiger partial charge in [0.25, 0.3) is 11.1 Å². The fourth-order valence-electron chi connectivity index (χ4n) is 3.95. The van der Waals surface area contributed by atoms with Crippen molar-refractivity contribution in [2.24, 2.45) is 0 Å². The van der Waals surface area contributed by atoms with Crippen LogP contribution in [0.4, 0.5) is 0 Å². The number of carbonyl (C=O) groups is 1. The molecule has 0 unspecified atom stereocenters. The van der Waals surface area contributed by atoms with Crippen LogP contribution in [0.25, 0.3) is 10.9 Å². The third-order valence-electron chi connectivity index (χ3n) is 5.57. The standard InChI is InChI=1S/C21H23N5O3/c1-13(26-12-22-17-6-4-3-5-16(17)21(26)29)20(28)25-9-7-15(8-10-25)18-11-19(27)24-14(2)23-18/h3-6,11-13,15H,7-10H2,1-2H3,(H,23,24,27)/t13-/m0/s1. The van der Waals surface area contributed by atoms with Crippen molar-refractivity contribution in [3.8, 4) is 0 Å². The number of benzene rings is 1. The third kappa shape index (κ3) is 3.70. The van der Waals surface area contributed by atoms with E-state index in [9.17, 15) is 14.4 Å². The molecule has 1 saturated heterocycles. The number of nitrogens with zero attached hydrogens (tertiary/aromatic N) is 4. The lowest BCUT2D eigenvalue weighted by Gasteiger charge is -2.33. The van der Waals surface area contributed by atoms with E-state index in [1.165, 1.54) is 17.0 Å². The maximum absolute atomic E-state index is 13.0. The van der Waals surface area contributed by atoms with Crippen LogP contribution in [0.2, 0.25) is 0 Å². The molecule has 29 heavy (non-hydrogen) atoms. The van der Waals surface area contributed by atoms with E-state index in [1.54, 1.807) is 36.9 Å². The Morgan fingerprint density at radius 2 is 1.93 bits per heavy atom. The van der Waals surface area contributed by atoms with E-state index in [2.05, 4.69) is 15.0 Å². The Balaban J connectivity index is 1.49. The van der Waals surface area contributed by atoms with Crippen LogP contribution in [-0.2, 0) is 4.79 Å². The Hall–Kier alpha value is -3.29. The van der Waals surface area contributed by atoms with Gasteiger partial charge in [-0.3, -0.25) is 19.0 Å². The van der Waals surface area contributed by atoms with Crippen LogP contribution in [0.15, 0.2) is 46.2 Å². The minimum atomic E-state index is -0.629. The number of carbonyl (C=O) groups excluding carboxylic acids is 1. The second-order valence-corrected chi connectivity index (χ2v) is 7.51. The highest BCUT2D eigenvalue weighted by Gasteiger charge is 2.29. The zero-order chi connectivity index (χ0) is 20.5. The molecule has 8 nitrogen and oxygen atoms in total. The summed E-state index contributed by atoms with van der Waals surface area (Å²) in [6.07, 6.45) is 2.92. The second-order valence-electron chi connectivity index (χ2n) is 7.51. The number of likely N-dealkylation sites (tertiary alicyclic amines) is 1. The van der Waals surface area contributed by atoms with Crippen molar-refractivity contribution in [2.75, 3.05) is 13.1 Å². The predicted octanol–water partition coefficient (Wildman–Crippen LogP) is 1.76. The minimum absolute atomic E-state index is 0.0994. The van der Waals surface area contributed by atoms with Gasteiger partial charge in [0.1, 0.15) is 11.9 Å². The average molecular weight is 393 g/mol. The van der Waals surface area contributed by atoms with Crippen molar-refractivity contribution < 1.29 is 4.79 Å². The molecule has 1 N–H and O–H groups in total. The molecule has 1 aromatic carbocycles. The van der Waals surface area contributed by atoms with Crippen LogP contribution < -0.4 is 11.1 Å². The summed E-state index contributed by atoms with van der Waals surface area (Å²) < 4.78 is 1.40. The largest absolute Gasteiger partial charge is 0.341 e. The molecule has 0 spiro atoms. The number of aromatic nitrogens is 4. The molecule has 0 radical (unpaired) electrons. The van der Waals surface area contributed by atoms with Gasteiger partial charge in [-0.1, -0.05) is 12.1 Å². The van der Waals surface area contributed by atoms with E-state index in [0.717, 1.165) is 18.5 Å². The predicted molar refractivity (Wildman–Crippen MR) is 109 cm³/mol. The van der Waals surface area contributed by atoms with Crippen LogP contribution in [0.1, 0.15) is 43.2 Å². The number of hydrogen-bond donors (Lipinski definition) is 1. The van der Waals surface area contributed by atoms with Gasteiger partial charge in [0.2, 0.25) is 5.91 Å². The van der Waals surface area contributed by atoms with E-state index in [-0.39, 0.29) is 22.9 Å². The molecule has 3 heterocycles. The van der Waals surface area contributed by atoms with Crippen LogP contribution in [0, 0.1) is 6.92 Å². The molecule has 8 heteroatoms. The molecule has 1 fully saturated rings. The lowest BCUT2D eigenvalue weighted by molar-refractivity contribution is -0.135. The Bertz CT molecular complexity index is 1170. The van der Waals surface area contributed by atoms with Gasteiger partial charge >= 0.3 is 0 Å². The molecular formula is C21H23N5O3. The van der Waals surface area contributed by atoms with Crippen molar-refractivity contribution >= 4 is 16.8 Å². The first-order valence-electron chi connectivity index (χ1n) is 9.76. The molecule has 4 rings (SSSR count). The Kier molecular flexibility index (Phi) is 5.00. The summed E-state index contributed by atoms with van der Waals surface area (Å²) in [5, 5.41) is 0.504. The first-order chi connectivity index (χ1) is 13.9. The Labute approximate surface area is 167 Å². The monoisotopic (exact) mass is 393 g/mol. The zero-order valence-corrected chi connectivity index (χ0v) is 16.5. The zero-order valence-electron chi connectivity index (χ0n) is 16.5. The minimum Gasteiger partial charge on any atom is -0.341 e. The third-order valence-corrected chi connectivity index (χ3v) is 5.57. The lowest BCUT2D eigenvalue weighted by Crippen LogP contribution is -2.43. The number of H-pyrrole nitrogens is 1. The average Bonchev–Trinajstić information content (AvgIpc) is 2.73. The highest BCUT2D eigenvalue weighted by atomic mass is 16.2. The van der Waals surface area contributed by atoms with Crippen LogP contribution in [0.5, 0.6) is 0 Å². The summed E-state index contributed by atoms with van der Waals surface area (Å²) in [6.45, 7) is 4.63.